The molecule has 1 fully saturated rings. The topological polar surface area (TPSA) is 105 Å². The standard InChI is InChI=1S/C12H16N4O3S/c1-8-7-15(4-5-20-8)11-3-2-9(16(18)19)6-10(11)12(13)14-17/h2-3,6,8,17H,4-5,7H2,1H3,(H2,13,14). The van der Waals surface area contributed by atoms with Gasteiger partial charge >= 0.3 is 0 Å². The first-order valence-corrected chi connectivity index (χ1v) is 7.20. The molecule has 1 aromatic carbocycles. The predicted octanol–water partition coefficient (Wildman–Crippen LogP) is 1.63. The third kappa shape index (κ3) is 2.96. The van der Waals surface area contributed by atoms with E-state index in [9.17, 15) is 10.1 Å². The summed E-state index contributed by atoms with van der Waals surface area (Å²) in [6.45, 7) is 3.79. The fraction of sp³-hybridized carbons (Fsp3) is 0.417. The summed E-state index contributed by atoms with van der Waals surface area (Å²) in [7, 11) is 0. The largest absolute Gasteiger partial charge is 0.409 e. The number of oxime groups is 1. The number of nitro groups is 1. The van der Waals surface area contributed by atoms with Crippen molar-refractivity contribution in [3.05, 3.63) is 33.9 Å². The third-order valence-electron chi connectivity index (χ3n) is 3.16. The highest BCUT2D eigenvalue weighted by Crippen LogP contribution is 2.29. The minimum atomic E-state index is -0.493. The lowest BCUT2D eigenvalue weighted by atomic mass is 10.1. The highest BCUT2D eigenvalue weighted by atomic mass is 32.2. The molecule has 0 spiro atoms. The van der Waals surface area contributed by atoms with Crippen LogP contribution in [0.4, 0.5) is 11.4 Å². The summed E-state index contributed by atoms with van der Waals surface area (Å²) < 4.78 is 0. The Morgan fingerprint density at radius 3 is 3.00 bits per heavy atom. The van der Waals surface area contributed by atoms with Crippen LogP contribution in [0.5, 0.6) is 0 Å². The SMILES string of the molecule is CC1CN(c2ccc([N+](=O)[O-])cc2/C(N)=N/O)CCS1. The third-order valence-corrected chi connectivity index (χ3v) is 4.29. The van der Waals surface area contributed by atoms with Crippen molar-refractivity contribution in [1.82, 2.24) is 0 Å². The number of amidine groups is 1. The molecule has 1 unspecified atom stereocenters. The Morgan fingerprint density at radius 2 is 2.40 bits per heavy atom. The monoisotopic (exact) mass is 296 g/mol. The highest BCUT2D eigenvalue weighted by molar-refractivity contribution is 8.00. The zero-order chi connectivity index (χ0) is 14.7. The van der Waals surface area contributed by atoms with Crippen LogP contribution in [0.15, 0.2) is 23.4 Å². The van der Waals surface area contributed by atoms with Crippen molar-refractivity contribution in [2.45, 2.75) is 12.2 Å². The first-order chi connectivity index (χ1) is 9.52. The van der Waals surface area contributed by atoms with Crippen LogP contribution in [0.25, 0.3) is 0 Å². The number of rotatable bonds is 3. The van der Waals surface area contributed by atoms with E-state index in [0.29, 0.717) is 10.8 Å². The molecule has 0 aromatic heterocycles. The molecule has 8 heteroatoms. The zero-order valence-electron chi connectivity index (χ0n) is 11.0. The number of thioether (sulfide) groups is 1. The fourth-order valence-corrected chi connectivity index (χ4v) is 3.22. The molecule has 20 heavy (non-hydrogen) atoms. The molecule has 1 aliphatic heterocycles. The van der Waals surface area contributed by atoms with Crippen molar-refractivity contribution in [2.24, 2.45) is 10.9 Å². The van der Waals surface area contributed by atoms with Gasteiger partial charge < -0.3 is 15.8 Å². The summed E-state index contributed by atoms with van der Waals surface area (Å²) in [4.78, 5) is 12.5. The molecule has 0 saturated carbocycles. The van der Waals surface area contributed by atoms with Gasteiger partial charge in [0.25, 0.3) is 5.69 Å². The maximum absolute atomic E-state index is 10.8. The van der Waals surface area contributed by atoms with E-state index in [-0.39, 0.29) is 11.5 Å². The van der Waals surface area contributed by atoms with Crippen LogP contribution in [0, 0.1) is 10.1 Å². The lowest BCUT2D eigenvalue weighted by Gasteiger charge is -2.33. The number of benzene rings is 1. The number of hydrogen-bond donors (Lipinski definition) is 2. The second kappa shape index (κ2) is 6.00. The minimum Gasteiger partial charge on any atom is -0.409 e. The van der Waals surface area contributed by atoms with E-state index in [1.807, 2.05) is 11.8 Å². The normalized spacial score (nSPS) is 19.9. The summed E-state index contributed by atoms with van der Waals surface area (Å²) in [5.41, 5.74) is 6.73. The Bertz CT molecular complexity index is 550. The summed E-state index contributed by atoms with van der Waals surface area (Å²) >= 11 is 1.88. The molecule has 7 nitrogen and oxygen atoms in total. The van der Waals surface area contributed by atoms with Gasteiger partial charge in [-0.2, -0.15) is 11.8 Å². The van der Waals surface area contributed by atoms with Crippen molar-refractivity contribution in [2.75, 3.05) is 23.7 Å². The molecule has 3 N–H and O–H groups in total. The molecule has 1 heterocycles. The van der Waals surface area contributed by atoms with E-state index < -0.39 is 4.92 Å². The summed E-state index contributed by atoms with van der Waals surface area (Å²) in [5, 5.41) is 23.2. The minimum absolute atomic E-state index is 0.0743. The fourth-order valence-electron chi connectivity index (χ4n) is 2.21. The van der Waals surface area contributed by atoms with Gasteiger partial charge in [0.15, 0.2) is 5.84 Å². The summed E-state index contributed by atoms with van der Waals surface area (Å²) in [5.74, 6) is 0.864. The Kier molecular flexibility index (Phi) is 4.33. The van der Waals surface area contributed by atoms with Crippen LogP contribution >= 0.6 is 11.8 Å². The van der Waals surface area contributed by atoms with Gasteiger partial charge in [0.05, 0.1) is 10.5 Å². The second-order valence-electron chi connectivity index (χ2n) is 4.57. The molecule has 2 rings (SSSR count). The van der Waals surface area contributed by atoms with Crippen molar-refractivity contribution >= 4 is 29.0 Å². The smallest absolute Gasteiger partial charge is 0.270 e. The van der Waals surface area contributed by atoms with Crippen molar-refractivity contribution in [3.63, 3.8) is 0 Å². The van der Waals surface area contributed by atoms with Gasteiger partial charge in [0.1, 0.15) is 0 Å². The summed E-state index contributed by atoms with van der Waals surface area (Å²) in [6, 6.07) is 4.45. The van der Waals surface area contributed by atoms with Gasteiger partial charge in [0.2, 0.25) is 0 Å². The molecule has 1 atom stereocenters. The van der Waals surface area contributed by atoms with E-state index >= 15 is 0 Å². The van der Waals surface area contributed by atoms with Crippen LogP contribution < -0.4 is 10.6 Å². The molecule has 0 bridgehead atoms. The Morgan fingerprint density at radius 1 is 1.65 bits per heavy atom. The van der Waals surface area contributed by atoms with Crippen LogP contribution in [-0.4, -0.2) is 40.1 Å². The average Bonchev–Trinajstić information content (AvgIpc) is 2.45. The molecule has 0 amide bonds. The molecule has 0 radical (unpaired) electrons. The molecule has 108 valence electrons. The van der Waals surface area contributed by atoms with Crippen molar-refractivity contribution < 1.29 is 10.1 Å². The van der Waals surface area contributed by atoms with E-state index in [1.165, 1.54) is 12.1 Å². The van der Waals surface area contributed by atoms with Crippen molar-refractivity contribution in [1.29, 1.82) is 0 Å². The van der Waals surface area contributed by atoms with Gasteiger partial charge in [-0.1, -0.05) is 12.1 Å². The highest BCUT2D eigenvalue weighted by Gasteiger charge is 2.22. The number of hydrogen-bond acceptors (Lipinski definition) is 6. The molecule has 1 aromatic rings. The zero-order valence-corrected chi connectivity index (χ0v) is 11.8. The molecular weight excluding hydrogens is 280 g/mol. The van der Waals surface area contributed by atoms with Gasteiger partial charge in [-0.3, -0.25) is 10.1 Å². The average molecular weight is 296 g/mol. The predicted molar refractivity (Wildman–Crippen MR) is 79.7 cm³/mol. The molecule has 1 aliphatic rings. The number of nitrogens with zero attached hydrogens (tertiary/aromatic N) is 3. The van der Waals surface area contributed by atoms with E-state index in [4.69, 9.17) is 10.9 Å². The molecular formula is C12H16N4O3S. The Hall–Kier alpha value is -1.96. The van der Waals surface area contributed by atoms with E-state index in [1.54, 1.807) is 6.07 Å². The number of nitro benzene ring substituents is 1. The van der Waals surface area contributed by atoms with E-state index in [2.05, 4.69) is 17.0 Å². The first kappa shape index (κ1) is 14.4. The Balaban J connectivity index is 2.43. The van der Waals surface area contributed by atoms with Gasteiger partial charge in [-0.25, -0.2) is 0 Å². The quantitative estimate of drug-likeness (QED) is 0.289. The lowest BCUT2D eigenvalue weighted by molar-refractivity contribution is -0.384. The Labute approximate surface area is 120 Å². The van der Waals surface area contributed by atoms with Crippen LogP contribution in [0.3, 0.4) is 0 Å². The van der Waals surface area contributed by atoms with Gasteiger partial charge in [-0.05, 0) is 6.07 Å². The van der Waals surface area contributed by atoms with E-state index in [0.717, 1.165) is 24.5 Å². The summed E-state index contributed by atoms with van der Waals surface area (Å²) in [6.07, 6.45) is 0. The first-order valence-electron chi connectivity index (χ1n) is 6.16. The van der Waals surface area contributed by atoms with Crippen molar-refractivity contribution in [3.8, 4) is 0 Å². The number of anilines is 1. The second-order valence-corrected chi connectivity index (χ2v) is 6.12. The number of nitrogens with two attached hydrogens (primary N) is 1. The van der Waals surface area contributed by atoms with Gasteiger partial charge in [0, 0.05) is 41.9 Å². The number of non-ortho nitro benzene ring substituents is 1. The molecule has 0 aliphatic carbocycles. The van der Waals surface area contributed by atoms with Crippen LogP contribution in [0.2, 0.25) is 0 Å². The van der Waals surface area contributed by atoms with Crippen LogP contribution in [-0.2, 0) is 0 Å². The van der Waals surface area contributed by atoms with Crippen LogP contribution in [0.1, 0.15) is 12.5 Å². The molecule has 1 saturated heterocycles. The lowest BCUT2D eigenvalue weighted by Crippen LogP contribution is -2.38. The maximum Gasteiger partial charge on any atom is 0.270 e. The maximum atomic E-state index is 10.8. The van der Waals surface area contributed by atoms with Gasteiger partial charge in [-0.15, -0.1) is 0 Å².